The van der Waals surface area contributed by atoms with Crippen molar-refractivity contribution in [2.75, 3.05) is 0 Å². The van der Waals surface area contributed by atoms with Crippen molar-refractivity contribution in [1.82, 2.24) is 0 Å². The molecule has 0 aliphatic carbocycles. The minimum atomic E-state index is -0.165. The lowest BCUT2D eigenvalue weighted by molar-refractivity contribution is 0.561. The van der Waals surface area contributed by atoms with Gasteiger partial charge < -0.3 is 0 Å². The van der Waals surface area contributed by atoms with Crippen LogP contribution in [-0.2, 0) is 9.59 Å². The van der Waals surface area contributed by atoms with Gasteiger partial charge in [-0.2, -0.15) is 0 Å². The quantitative estimate of drug-likeness (QED) is 0.773. The van der Waals surface area contributed by atoms with Crippen LogP contribution in [0.1, 0.15) is 11.1 Å². The second-order valence-corrected chi connectivity index (χ2v) is 3.72. The minimum Gasteiger partial charge on any atom is -0.285 e. The van der Waals surface area contributed by atoms with E-state index in [0.717, 1.165) is 0 Å². The highest BCUT2D eigenvalue weighted by molar-refractivity contribution is 6.51. The topological polar surface area (TPSA) is 34.1 Å². The number of rotatable bonds is 2. The molecule has 0 saturated carbocycles. The van der Waals surface area contributed by atoms with Crippen molar-refractivity contribution in [3.63, 3.8) is 0 Å². The van der Waals surface area contributed by atoms with Gasteiger partial charge >= 0.3 is 0 Å². The average Bonchev–Trinajstić information content (AvgIpc) is 2.17. The zero-order chi connectivity index (χ0) is 10.9. The van der Waals surface area contributed by atoms with Crippen molar-refractivity contribution < 1.29 is 9.59 Å². The summed E-state index contributed by atoms with van der Waals surface area (Å²) in [4.78, 5) is 20.9. The van der Waals surface area contributed by atoms with Crippen molar-refractivity contribution in [2.45, 2.75) is 0 Å². The van der Waals surface area contributed by atoms with Crippen molar-refractivity contribution in [3.8, 4) is 0 Å². The van der Waals surface area contributed by atoms with Gasteiger partial charge in [0.1, 0.15) is 0 Å². The predicted molar refractivity (Wildman–Crippen MR) is 56.1 cm³/mol. The van der Waals surface area contributed by atoms with Gasteiger partial charge in [-0.05, 0) is 0 Å². The molecule has 0 heterocycles. The van der Waals surface area contributed by atoms with Gasteiger partial charge in [0, 0.05) is 0 Å². The molecule has 0 bridgehead atoms. The molecule has 2 nitrogen and oxygen atoms in total. The van der Waals surface area contributed by atoms with Crippen LogP contribution in [0.2, 0.25) is 20.1 Å². The molecule has 2 radical (unpaired) electrons. The monoisotopic (exact) mass is 268 g/mol. The van der Waals surface area contributed by atoms with Crippen LogP contribution in [0, 0.1) is 0 Å². The SMILES string of the molecule is O=[C]c1c(Cl)c(Cl)c([C]=O)c(Cl)c1Cl. The number of carbonyl (C=O) groups excluding carboxylic acids is 2. The maximum absolute atomic E-state index is 10.4. The van der Waals surface area contributed by atoms with E-state index in [2.05, 4.69) is 0 Å². The zero-order valence-corrected chi connectivity index (χ0v) is 9.35. The lowest BCUT2D eigenvalue weighted by Crippen LogP contribution is -1.94. The highest BCUT2D eigenvalue weighted by Gasteiger charge is 2.20. The summed E-state index contributed by atoms with van der Waals surface area (Å²) in [6, 6.07) is 0. The Morgan fingerprint density at radius 1 is 0.643 bits per heavy atom. The fourth-order valence-electron chi connectivity index (χ4n) is 0.811. The third-order valence-corrected chi connectivity index (χ3v) is 3.17. The molecule has 0 amide bonds. The van der Waals surface area contributed by atoms with E-state index in [4.69, 9.17) is 46.4 Å². The summed E-state index contributed by atoms with van der Waals surface area (Å²) in [6.07, 6.45) is 2.97. The van der Waals surface area contributed by atoms with Gasteiger partial charge in [0.25, 0.3) is 0 Å². The van der Waals surface area contributed by atoms with Gasteiger partial charge in [0.15, 0.2) is 0 Å². The van der Waals surface area contributed by atoms with E-state index in [0.29, 0.717) is 0 Å². The Bertz CT molecular complexity index is 346. The zero-order valence-electron chi connectivity index (χ0n) is 6.33. The first kappa shape index (κ1) is 11.8. The summed E-state index contributed by atoms with van der Waals surface area (Å²) < 4.78 is 0. The van der Waals surface area contributed by atoms with Crippen LogP contribution in [0.3, 0.4) is 0 Å². The number of halogens is 4. The Hall–Kier alpha value is -0.280. The number of hydrogen-bond donors (Lipinski definition) is 0. The lowest BCUT2D eigenvalue weighted by atomic mass is 10.1. The molecule has 0 saturated heterocycles. The fraction of sp³-hybridized carbons (Fsp3) is 0. The number of hydrogen-bond acceptors (Lipinski definition) is 2. The molecule has 1 rings (SSSR count). The molecule has 0 aliphatic rings. The van der Waals surface area contributed by atoms with Crippen LogP contribution < -0.4 is 0 Å². The summed E-state index contributed by atoms with van der Waals surface area (Å²) in [5.74, 6) is 0. The molecule has 0 fully saturated rings. The lowest BCUT2D eigenvalue weighted by Gasteiger charge is -2.06. The van der Waals surface area contributed by atoms with Crippen LogP contribution >= 0.6 is 46.4 Å². The predicted octanol–water partition coefficient (Wildman–Crippen LogP) is 3.22. The molecule has 0 atom stereocenters. The Labute approximate surface area is 99.7 Å². The average molecular weight is 270 g/mol. The Kier molecular flexibility index (Phi) is 3.78. The standard InChI is InChI=1S/C8Cl4O2/c9-5-3(1-13)6(10)8(12)4(2-14)7(5)11. The van der Waals surface area contributed by atoms with E-state index < -0.39 is 0 Å². The summed E-state index contributed by atoms with van der Waals surface area (Å²) in [5, 5.41) is -0.632. The van der Waals surface area contributed by atoms with Crippen LogP contribution in [0.25, 0.3) is 0 Å². The van der Waals surface area contributed by atoms with E-state index in [-0.39, 0.29) is 31.2 Å². The second kappa shape index (κ2) is 4.49. The van der Waals surface area contributed by atoms with E-state index in [1.807, 2.05) is 0 Å². The Morgan fingerprint density at radius 3 is 1.00 bits per heavy atom. The van der Waals surface area contributed by atoms with Gasteiger partial charge in [-0.25, -0.2) is 0 Å². The highest BCUT2D eigenvalue weighted by atomic mass is 35.5. The maximum Gasteiger partial charge on any atom is 0.236 e. The second-order valence-electron chi connectivity index (χ2n) is 2.21. The number of benzene rings is 1. The maximum atomic E-state index is 10.4. The van der Waals surface area contributed by atoms with Gasteiger partial charge in [-0.1, -0.05) is 46.4 Å². The first-order valence-electron chi connectivity index (χ1n) is 3.16. The molecule has 0 unspecified atom stereocenters. The molecule has 14 heavy (non-hydrogen) atoms. The summed E-state index contributed by atoms with van der Waals surface area (Å²) >= 11 is 22.6. The fourth-order valence-corrected chi connectivity index (χ4v) is 1.82. The molecule has 0 N–H and O–H groups in total. The van der Waals surface area contributed by atoms with E-state index in [9.17, 15) is 9.59 Å². The van der Waals surface area contributed by atoms with Crippen LogP contribution in [0.4, 0.5) is 0 Å². The molecular formula is C8Cl4O2. The van der Waals surface area contributed by atoms with Gasteiger partial charge in [-0.3, -0.25) is 9.59 Å². The van der Waals surface area contributed by atoms with Gasteiger partial charge in [0.05, 0.1) is 31.2 Å². The Morgan fingerprint density at radius 2 is 0.857 bits per heavy atom. The van der Waals surface area contributed by atoms with Crippen LogP contribution in [0.5, 0.6) is 0 Å². The minimum absolute atomic E-state index is 0.158. The van der Waals surface area contributed by atoms with Crippen LogP contribution in [0.15, 0.2) is 0 Å². The molecule has 6 heteroatoms. The first-order valence-corrected chi connectivity index (χ1v) is 4.68. The normalized spacial score (nSPS) is 10.0. The van der Waals surface area contributed by atoms with E-state index in [1.54, 1.807) is 0 Å². The van der Waals surface area contributed by atoms with Crippen molar-refractivity contribution >= 4 is 59.0 Å². The molecule has 72 valence electrons. The van der Waals surface area contributed by atoms with Crippen molar-refractivity contribution in [2.24, 2.45) is 0 Å². The third kappa shape index (κ3) is 1.75. The summed E-state index contributed by atoms with van der Waals surface area (Å²) in [6.45, 7) is 0. The molecule has 1 aromatic carbocycles. The molecule has 1 aromatic rings. The summed E-state index contributed by atoms with van der Waals surface area (Å²) in [7, 11) is 0. The molecule has 0 aromatic heterocycles. The van der Waals surface area contributed by atoms with Crippen molar-refractivity contribution in [1.29, 1.82) is 0 Å². The third-order valence-electron chi connectivity index (χ3n) is 1.47. The smallest absolute Gasteiger partial charge is 0.236 e. The van der Waals surface area contributed by atoms with Gasteiger partial charge in [-0.15, -0.1) is 0 Å². The first-order chi connectivity index (χ1) is 6.54. The molecule has 0 aliphatic heterocycles. The van der Waals surface area contributed by atoms with E-state index in [1.165, 1.54) is 12.6 Å². The van der Waals surface area contributed by atoms with E-state index >= 15 is 0 Å². The van der Waals surface area contributed by atoms with Crippen LogP contribution in [-0.4, -0.2) is 12.6 Å². The Balaban J connectivity index is 3.71. The van der Waals surface area contributed by atoms with Crippen molar-refractivity contribution in [3.05, 3.63) is 31.2 Å². The summed E-state index contributed by atoms with van der Waals surface area (Å²) in [5.41, 5.74) is -0.329. The molecular weight excluding hydrogens is 270 g/mol. The van der Waals surface area contributed by atoms with Gasteiger partial charge in [0.2, 0.25) is 12.6 Å². The highest BCUT2D eigenvalue weighted by Crippen LogP contribution is 2.39. The molecule has 0 spiro atoms. The largest absolute Gasteiger partial charge is 0.285 e.